The van der Waals surface area contributed by atoms with Gasteiger partial charge in [-0.3, -0.25) is 4.98 Å². The summed E-state index contributed by atoms with van der Waals surface area (Å²) in [4.78, 5) is 4.18. The molecular formula is C15H27NO2Si. The van der Waals surface area contributed by atoms with Crippen LogP contribution in [-0.2, 0) is 17.5 Å². The molecule has 1 aromatic heterocycles. The average molecular weight is 281 g/mol. The first-order valence-corrected chi connectivity index (χ1v) is 9.86. The van der Waals surface area contributed by atoms with E-state index in [0.717, 1.165) is 25.1 Å². The zero-order valence-electron chi connectivity index (χ0n) is 12.9. The van der Waals surface area contributed by atoms with E-state index in [1.165, 1.54) is 5.56 Å². The molecule has 19 heavy (non-hydrogen) atoms. The molecule has 1 heterocycles. The van der Waals surface area contributed by atoms with E-state index >= 15 is 0 Å². The van der Waals surface area contributed by atoms with Crippen LogP contribution in [0.3, 0.4) is 0 Å². The number of aryl methyl sites for hydroxylation is 1. The van der Waals surface area contributed by atoms with Gasteiger partial charge in [0.25, 0.3) is 0 Å². The van der Waals surface area contributed by atoms with E-state index in [4.69, 9.17) is 9.53 Å². The second kappa shape index (κ2) is 6.64. The highest BCUT2D eigenvalue weighted by molar-refractivity contribution is 6.74. The van der Waals surface area contributed by atoms with Gasteiger partial charge in [-0.15, -0.1) is 0 Å². The van der Waals surface area contributed by atoms with Gasteiger partial charge in [0.05, 0.1) is 12.3 Å². The van der Waals surface area contributed by atoms with E-state index in [-0.39, 0.29) is 11.6 Å². The van der Waals surface area contributed by atoms with Gasteiger partial charge in [-0.05, 0) is 42.6 Å². The van der Waals surface area contributed by atoms with Crippen molar-refractivity contribution in [2.24, 2.45) is 0 Å². The van der Waals surface area contributed by atoms with Gasteiger partial charge in [-0.1, -0.05) is 26.8 Å². The van der Waals surface area contributed by atoms with Gasteiger partial charge in [0, 0.05) is 12.8 Å². The third-order valence-electron chi connectivity index (χ3n) is 3.93. The summed E-state index contributed by atoms with van der Waals surface area (Å²) in [5, 5.41) is 9.21. The van der Waals surface area contributed by atoms with Crippen molar-refractivity contribution in [1.29, 1.82) is 0 Å². The minimum absolute atomic E-state index is 0.00869. The summed E-state index contributed by atoms with van der Waals surface area (Å²) in [7, 11) is -1.61. The molecule has 0 aromatic carbocycles. The van der Waals surface area contributed by atoms with Crippen LogP contribution in [0.25, 0.3) is 0 Å². The molecule has 3 nitrogen and oxygen atoms in total. The lowest BCUT2D eigenvalue weighted by Crippen LogP contribution is -2.41. The van der Waals surface area contributed by atoms with Crippen LogP contribution in [0.4, 0.5) is 0 Å². The summed E-state index contributed by atoms with van der Waals surface area (Å²) in [6, 6.07) is 3.91. The lowest BCUT2D eigenvalue weighted by atomic mass is 10.1. The van der Waals surface area contributed by atoms with Gasteiger partial charge < -0.3 is 9.53 Å². The van der Waals surface area contributed by atoms with E-state index in [2.05, 4.69) is 38.8 Å². The molecule has 0 aliphatic heterocycles. The summed E-state index contributed by atoms with van der Waals surface area (Å²) >= 11 is 0. The number of rotatable bonds is 6. The molecule has 0 bridgehead atoms. The highest BCUT2D eigenvalue weighted by Gasteiger charge is 2.36. The summed E-state index contributed by atoms with van der Waals surface area (Å²) in [5.41, 5.74) is 1.93. The Morgan fingerprint density at radius 2 is 1.95 bits per heavy atom. The number of aromatic nitrogens is 1. The lowest BCUT2D eigenvalue weighted by molar-refractivity contribution is 0.276. The molecule has 0 aliphatic rings. The van der Waals surface area contributed by atoms with Crippen molar-refractivity contribution < 1.29 is 9.53 Å². The van der Waals surface area contributed by atoms with E-state index in [0.29, 0.717) is 0 Å². The Morgan fingerprint density at radius 1 is 1.26 bits per heavy atom. The molecular weight excluding hydrogens is 254 g/mol. The van der Waals surface area contributed by atoms with Gasteiger partial charge in [-0.25, -0.2) is 0 Å². The van der Waals surface area contributed by atoms with Crippen molar-refractivity contribution in [2.45, 2.75) is 58.4 Å². The average Bonchev–Trinajstić information content (AvgIpc) is 2.34. The maximum Gasteiger partial charge on any atom is 0.191 e. The molecule has 0 unspecified atom stereocenters. The first kappa shape index (κ1) is 16.3. The molecule has 1 N–H and O–H groups in total. The number of nitrogens with zero attached hydrogens (tertiary/aromatic N) is 1. The van der Waals surface area contributed by atoms with Crippen LogP contribution < -0.4 is 0 Å². The number of pyridine rings is 1. The lowest BCUT2D eigenvalue weighted by Gasteiger charge is -2.36. The van der Waals surface area contributed by atoms with Crippen LogP contribution in [0.1, 0.15) is 38.4 Å². The summed E-state index contributed by atoms with van der Waals surface area (Å²) < 4.78 is 6.14. The van der Waals surface area contributed by atoms with Crippen molar-refractivity contribution in [1.82, 2.24) is 4.98 Å². The Kier molecular flexibility index (Phi) is 5.71. The Balaban J connectivity index is 2.34. The van der Waals surface area contributed by atoms with Crippen molar-refractivity contribution in [2.75, 3.05) is 6.61 Å². The number of aliphatic hydroxyl groups is 1. The number of hydrogen-bond donors (Lipinski definition) is 1. The first-order chi connectivity index (χ1) is 8.76. The molecule has 1 aromatic rings. The molecule has 0 saturated heterocycles. The van der Waals surface area contributed by atoms with Crippen LogP contribution >= 0.6 is 0 Å². The zero-order chi connectivity index (χ0) is 14.5. The van der Waals surface area contributed by atoms with E-state index in [1.807, 2.05) is 18.3 Å². The fourth-order valence-electron chi connectivity index (χ4n) is 1.52. The fourth-order valence-corrected chi connectivity index (χ4v) is 2.60. The smallest absolute Gasteiger partial charge is 0.191 e. The molecule has 1 rings (SSSR count). The van der Waals surface area contributed by atoms with Crippen LogP contribution in [-0.4, -0.2) is 25.0 Å². The second-order valence-corrected chi connectivity index (χ2v) is 11.3. The van der Waals surface area contributed by atoms with Gasteiger partial charge in [0.15, 0.2) is 8.32 Å². The van der Waals surface area contributed by atoms with Crippen LogP contribution in [0.2, 0.25) is 18.1 Å². The Hall–Kier alpha value is -0.713. The molecule has 0 aliphatic carbocycles. The fraction of sp³-hybridized carbons (Fsp3) is 0.667. The van der Waals surface area contributed by atoms with Crippen molar-refractivity contribution in [3.63, 3.8) is 0 Å². The van der Waals surface area contributed by atoms with Crippen molar-refractivity contribution in [3.8, 4) is 0 Å². The van der Waals surface area contributed by atoms with Gasteiger partial charge in [-0.2, -0.15) is 0 Å². The first-order valence-electron chi connectivity index (χ1n) is 6.95. The minimum Gasteiger partial charge on any atom is -0.417 e. The van der Waals surface area contributed by atoms with Crippen LogP contribution in [0.15, 0.2) is 18.3 Å². The molecule has 0 radical (unpaired) electrons. The van der Waals surface area contributed by atoms with Gasteiger partial charge in [0.1, 0.15) is 0 Å². The third kappa shape index (κ3) is 5.05. The minimum atomic E-state index is -1.61. The SMILES string of the molecule is CC(C)(C)[Si](C)(C)OCCCc1ccc(CO)nc1. The standard InChI is InChI=1S/C15H27NO2Si/c1-15(2,3)19(4,5)18-10-6-7-13-8-9-14(12-17)16-11-13/h8-9,11,17H,6-7,10,12H2,1-5H3. The van der Waals surface area contributed by atoms with Crippen molar-refractivity contribution >= 4 is 8.32 Å². The van der Waals surface area contributed by atoms with E-state index < -0.39 is 8.32 Å². The number of aliphatic hydroxyl groups excluding tert-OH is 1. The summed E-state index contributed by atoms with van der Waals surface area (Å²) in [5.74, 6) is 0. The predicted molar refractivity (Wildman–Crippen MR) is 81.6 cm³/mol. The number of hydrogen-bond acceptors (Lipinski definition) is 3. The van der Waals surface area contributed by atoms with Gasteiger partial charge >= 0.3 is 0 Å². The molecule has 108 valence electrons. The molecule has 0 spiro atoms. The summed E-state index contributed by atoms with van der Waals surface area (Å²) in [6.07, 6.45) is 3.85. The highest BCUT2D eigenvalue weighted by Crippen LogP contribution is 2.36. The monoisotopic (exact) mass is 281 g/mol. The maximum absolute atomic E-state index is 8.93. The quantitative estimate of drug-likeness (QED) is 0.641. The Labute approximate surface area is 118 Å². The van der Waals surface area contributed by atoms with Gasteiger partial charge in [0.2, 0.25) is 0 Å². The summed E-state index contributed by atoms with van der Waals surface area (Å²) in [6.45, 7) is 12.2. The Bertz CT molecular complexity index is 382. The zero-order valence-corrected chi connectivity index (χ0v) is 13.9. The van der Waals surface area contributed by atoms with E-state index in [1.54, 1.807) is 0 Å². The second-order valence-electron chi connectivity index (χ2n) is 6.53. The molecule has 0 fully saturated rings. The molecule has 4 heteroatoms. The van der Waals surface area contributed by atoms with E-state index in [9.17, 15) is 0 Å². The van der Waals surface area contributed by atoms with Crippen LogP contribution in [0, 0.1) is 0 Å². The predicted octanol–water partition coefficient (Wildman–Crippen LogP) is 3.53. The van der Waals surface area contributed by atoms with Crippen LogP contribution in [0.5, 0.6) is 0 Å². The highest BCUT2D eigenvalue weighted by atomic mass is 28.4. The normalized spacial score (nSPS) is 12.7. The molecule has 0 amide bonds. The maximum atomic E-state index is 8.93. The topological polar surface area (TPSA) is 42.4 Å². The third-order valence-corrected chi connectivity index (χ3v) is 8.47. The molecule has 0 atom stereocenters. The Morgan fingerprint density at radius 3 is 2.42 bits per heavy atom. The van der Waals surface area contributed by atoms with Crippen molar-refractivity contribution in [3.05, 3.63) is 29.6 Å². The largest absolute Gasteiger partial charge is 0.417 e. The molecule has 0 saturated carbocycles.